The molecule has 0 saturated carbocycles. The van der Waals surface area contributed by atoms with Crippen molar-refractivity contribution in [2.75, 3.05) is 24.2 Å². The van der Waals surface area contributed by atoms with Gasteiger partial charge in [0, 0.05) is 43.8 Å². The fraction of sp³-hybridized carbons (Fsp3) is 0.160. The van der Waals surface area contributed by atoms with Crippen LogP contribution in [0.3, 0.4) is 0 Å². The van der Waals surface area contributed by atoms with Gasteiger partial charge in [-0.15, -0.1) is 0 Å². The van der Waals surface area contributed by atoms with Crippen molar-refractivity contribution in [2.24, 2.45) is 0 Å². The van der Waals surface area contributed by atoms with Crippen LogP contribution in [0.1, 0.15) is 12.0 Å². The highest BCUT2D eigenvalue weighted by molar-refractivity contribution is 5.90. The molecule has 0 atom stereocenters. The molecule has 3 aromatic heterocycles. The topological polar surface area (TPSA) is 125 Å². The molecule has 10 nitrogen and oxygen atoms in total. The van der Waals surface area contributed by atoms with Crippen molar-refractivity contribution in [1.29, 1.82) is 5.26 Å². The summed E-state index contributed by atoms with van der Waals surface area (Å²) < 4.78 is 4.07. The molecule has 0 radical (unpaired) electrons. The first-order valence-electron chi connectivity index (χ1n) is 11.2. The van der Waals surface area contributed by atoms with Gasteiger partial charge in [-0.25, -0.2) is 19.7 Å². The minimum absolute atomic E-state index is 0.276. The summed E-state index contributed by atoms with van der Waals surface area (Å²) in [6.07, 6.45) is 8.20. The zero-order valence-corrected chi connectivity index (χ0v) is 19.1. The monoisotopic (exact) mass is 465 g/mol. The molecule has 5 aromatic rings. The Morgan fingerprint density at radius 1 is 1.17 bits per heavy atom. The quantitative estimate of drug-likeness (QED) is 0.313. The lowest BCUT2D eigenvalue weighted by molar-refractivity contribution is 0.254. The Bertz CT molecular complexity index is 1530. The minimum Gasteiger partial charge on any atom is -0.367 e. The maximum atomic E-state index is 11.6. The molecule has 0 bridgehead atoms. The summed E-state index contributed by atoms with van der Waals surface area (Å²) in [6, 6.07) is 14.9. The SMILES string of the molecule is CNC(=O)Nc1ccc(-c2cnc3c(NCCCn4ccnc4)nc4cc(C#N)ccc4n23)cc1. The zero-order chi connectivity index (χ0) is 24.2. The van der Waals surface area contributed by atoms with Crippen molar-refractivity contribution in [2.45, 2.75) is 13.0 Å². The van der Waals surface area contributed by atoms with Crippen molar-refractivity contribution in [1.82, 2.24) is 29.2 Å². The van der Waals surface area contributed by atoms with Gasteiger partial charge in [-0.3, -0.25) is 4.40 Å². The second-order valence-corrected chi connectivity index (χ2v) is 7.94. The van der Waals surface area contributed by atoms with Gasteiger partial charge in [0.1, 0.15) is 0 Å². The van der Waals surface area contributed by atoms with Crippen molar-refractivity contribution >= 4 is 34.2 Å². The number of hydrogen-bond acceptors (Lipinski definition) is 6. The number of fused-ring (bicyclic) bond motifs is 3. The van der Waals surface area contributed by atoms with Crippen LogP contribution >= 0.6 is 0 Å². The number of benzene rings is 2. The number of nitrogens with one attached hydrogen (secondary N) is 3. The molecule has 0 spiro atoms. The van der Waals surface area contributed by atoms with Crippen LogP contribution in [0.5, 0.6) is 0 Å². The summed E-state index contributed by atoms with van der Waals surface area (Å²) in [5.41, 5.74) is 5.29. The molecule has 5 rings (SSSR count). The number of hydrogen-bond donors (Lipinski definition) is 3. The van der Waals surface area contributed by atoms with Gasteiger partial charge in [0.05, 0.1) is 40.9 Å². The van der Waals surface area contributed by atoms with Crippen LogP contribution in [0.25, 0.3) is 27.9 Å². The van der Waals surface area contributed by atoms with Crippen molar-refractivity contribution in [3.05, 3.63) is 72.9 Å². The van der Waals surface area contributed by atoms with Crippen LogP contribution in [0.4, 0.5) is 16.3 Å². The minimum atomic E-state index is -0.276. The van der Waals surface area contributed by atoms with E-state index in [1.54, 1.807) is 31.7 Å². The Kier molecular flexibility index (Phi) is 5.96. The van der Waals surface area contributed by atoms with Crippen LogP contribution in [-0.4, -0.2) is 43.5 Å². The lowest BCUT2D eigenvalue weighted by Gasteiger charge is -2.12. The third-order valence-corrected chi connectivity index (χ3v) is 5.66. The van der Waals surface area contributed by atoms with Gasteiger partial charge < -0.3 is 20.5 Å². The van der Waals surface area contributed by atoms with Crippen LogP contribution < -0.4 is 16.0 Å². The number of imidazole rings is 2. The Hall–Kier alpha value is -4.91. The molecule has 0 unspecified atom stereocenters. The molecule has 35 heavy (non-hydrogen) atoms. The van der Waals surface area contributed by atoms with E-state index in [-0.39, 0.29) is 6.03 Å². The number of anilines is 2. The van der Waals surface area contributed by atoms with E-state index in [1.807, 2.05) is 51.7 Å². The normalized spacial score (nSPS) is 10.9. The highest BCUT2D eigenvalue weighted by atomic mass is 16.2. The molecule has 0 saturated heterocycles. The first-order valence-corrected chi connectivity index (χ1v) is 11.2. The fourth-order valence-corrected chi connectivity index (χ4v) is 3.93. The number of aryl methyl sites for hydroxylation is 1. The van der Waals surface area contributed by atoms with E-state index in [0.717, 1.165) is 29.7 Å². The third kappa shape index (κ3) is 4.47. The number of urea groups is 1. The van der Waals surface area contributed by atoms with Gasteiger partial charge in [0.15, 0.2) is 11.5 Å². The van der Waals surface area contributed by atoms with Gasteiger partial charge in [0.25, 0.3) is 0 Å². The lowest BCUT2D eigenvalue weighted by Crippen LogP contribution is -2.24. The second-order valence-electron chi connectivity index (χ2n) is 7.94. The van der Waals surface area contributed by atoms with Crippen molar-refractivity contribution < 1.29 is 4.79 Å². The predicted molar refractivity (Wildman–Crippen MR) is 134 cm³/mol. The number of rotatable bonds is 7. The molecule has 174 valence electrons. The third-order valence-electron chi connectivity index (χ3n) is 5.66. The molecule has 3 heterocycles. The number of nitriles is 1. The molecule has 2 amide bonds. The van der Waals surface area contributed by atoms with E-state index in [9.17, 15) is 10.1 Å². The Balaban J connectivity index is 1.51. The zero-order valence-electron chi connectivity index (χ0n) is 19.1. The van der Waals surface area contributed by atoms with Crippen LogP contribution in [0, 0.1) is 11.3 Å². The maximum absolute atomic E-state index is 11.6. The largest absolute Gasteiger partial charge is 0.367 e. The molecule has 0 fully saturated rings. The molecule has 2 aromatic carbocycles. The number of nitrogens with zero attached hydrogens (tertiary/aromatic N) is 6. The standard InChI is InChI=1S/C25H23N9O/c1-27-25(35)31-19-6-4-18(5-7-19)22-15-30-24-23(29-9-2-11-33-12-10-28-16-33)32-20-13-17(14-26)3-8-21(20)34(22)24/h3-8,10,12-13,15-16H,2,9,11H2,1H3,(H,29,32)(H2,27,31,35). The van der Waals surface area contributed by atoms with Crippen LogP contribution in [0.2, 0.25) is 0 Å². The Morgan fingerprint density at radius 3 is 2.77 bits per heavy atom. The second kappa shape index (κ2) is 9.52. The van der Waals surface area contributed by atoms with E-state index in [4.69, 9.17) is 4.98 Å². The van der Waals surface area contributed by atoms with Crippen LogP contribution in [-0.2, 0) is 6.54 Å². The first kappa shape index (κ1) is 21.9. The summed E-state index contributed by atoms with van der Waals surface area (Å²) in [5.74, 6) is 0.655. The molecular formula is C25H23N9O. The summed E-state index contributed by atoms with van der Waals surface area (Å²) in [7, 11) is 1.57. The highest BCUT2D eigenvalue weighted by Gasteiger charge is 2.15. The van der Waals surface area contributed by atoms with E-state index >= 15 is 0 Å². The fourth-order valence-electron chi connectivity index (χ4n) is 3.93. The van der Waals surface area contributed by atoms with Crippen molar-refractivity contribution in [3.63, 3.8) is 0 Å². The molecule has 0 aliphatic carbocycles. The summed E-state index contributed by atoms with van der Waals surface area (Å²) in [4.78, 5) is 25.1. The molecule has 3 N–H and O–H groups in total. The van der Waals surface area contributed by atoms with E-state index < -0.39 is 0 Å². The number of aromatic nitrogens is 5. The lowest BCUT2D eigenvalue weighted by atomic mass is 10.1. The summed E-state index contributed by atoms with van der Waals surface area (Å²) >= 11 is 0. The molecule has 0 aliphatic heterocycles. The molecule has 10 heteroatoms. The Labute approximate surface area is 201 Å². The maximum Gasteiger partial charge on any atom is 0.318 e. The van der Waals surface area contributed by atoms with Crippen molar-refractivity contribution in [3.8, 4) is 17.3 Å². The molecular weight excluding hydrogens is 442 g/mol. The van der Waals surface area contributed by atoms with E-state index in [1.165, 1.54) is 0 Å². The van der Waals surface area contributed by atoms with Crippen LogP contribution in [0.15, 0.2) is 67.4 Å². The first-order chi connectivity index (χ1) is 17.2. The smallest absolute Gasteiger partial charge is 0.318 e. The highest BCUT2D eigenvalue weighted by Crippen LogP contribution is 2.29. The average Bonchev–Trinajstić information content (AvgIpc) is 3.57. The predicted octanol–water partition coefficient (Wildman–Crippen LogP) is 3.87. The average molecular weight is 466 g/mol. The van der Waals surface area contributed by atoms with Gasteiger partial charge in [-0.05, 0) is 36.8 Å². The Morgan fingerprint density at radius 2 is 2.03 bits per heavy atom. The van der Waals surface area contributed by atoms with E-state index in [2.05, 4.69) is 32.0 Å². The number of carbonyl (C=O) groups is 1. The summed E-state index contributed by atoms with van der Waals surface area (Å²) in [6.45, 7) is 1.54. The number of amides is 2. The van der Waals surface area contributed by atoms with Gasteiger partial charge in [-0.2, -0.15) is 5.26 Å². The van der Waals surface area contributed by atoms with E-state index in [0.29, 0.717) is 34.8 Å². The van der Waals surface area contributed by atoms with Gasteiger partial charge >= 0.3 is 6.03 Å². The van der Waals surface area contributed by atoms with Gasteiger partial charge in [0.2, 0.25) is 0 Å². The summed E-state index contributed by atoms with van der Waals surface area (Å²) in [5, 5.41) is 18.1. The molecule has 0 aliphatic rings. The number of carbonyl (C=O) groups excluding carboxylic acids is 1. The van der Waals surface area contributed by atoms with Gasteiger partial charge in [-0.1, -0.05) is 12.1 Å².